The predicted molar refractivity (Wildman–Crippen MR) is 107 cm³/mol. The smallest absolute Gasteiger partial charge is 0.389 e. The number of β-amino-alcohol motifs (C(OH)–C–C–N with tert-alkyl or cyclic N) is 1. The number of aliphatic hydroxyl groups excluding tert-OH is 4. The maximum absolute atomic E-state index is 12.1. The Kier molecular flexibility index (Phi) is 7.07. The van der Waals surface area contributed by atoms with Crippen molar-refractivity contribution in [2.75, 3.05) is 18.9 Å². The molecule has 0 radical (unpaired) electrons. The number of nitrogens with two attached hydrogens (primary N) is 1. The van der Waals surface area contributed by atoms with Gasteiger partial charge in [-0.1, -0.05) is 0 Å². The third-order valence-corrected chi connectivity index (χ3v) is 7.71. The number of anilines is 1. The summed E-state index contributed by atoms with van der Waals surface area (Å²) in [6, 6.07) is 0. The summed E-state index contributed by atoms with van der Waals surface area (Å²) < 4.78 is 44.3. The second kappa shape index (κ2) is 9.44. The van der Waals surface area contributed by atoms with Crippen LogP contribution in [0.1, 0.15) is 6.23 Å². The Labute approximate surface area is 190 Å². The lowest BCUT2D eigenvalue weighted by molar-refractivity contribution is -0.0510. The number of nitrogen functional groups attached to an aromatic ring is 1. The molecule has 2 saturated heterocycles. The quantitative estimate of drug-likeness (QED) is 0.158. The third-order valence-electron chi connectivity index (χ3n) is 5.09. The van der Waals surface area contributed by atoms with Crippen LogP contribution in [0.4, 0.5) is 5.82 Å². The molecule has 2 aliphatic heterocycles. The van der Waals surface area contributed by atoms with Crippen LogP contribution < -0.4 is 11.1 Å². The van der Waals surface area contributed by atoms with Gasteiger partial charge in [0.2, 0.25) is 0 Å². The average molecular weight is 528 g/mol. The Morgan fingerprint density at radius 1 is 1.12 bits per heavy atom. The summed E-state index contributed by atoms with van der Waals surface area (Å²) in [6.07, 6.45) is -7.83. The highest BCUT2D eigenvalue weighted by Gasteiger charge is 2.47. The SMILES string of the molecule is Nc1ncnc2c1ncn2[C@@H]1O[C@H](COP(=O)(O)OP(=O)(O)OC2NC[C@@H](O)C2O)C(O)C1O. The Balaban J connectivity index is 1.38. The molecule has 9 atom stereocenters. The zero-order chi connectivity index (χ0) is 24.8. The van der Waals surface area contributed by atoms with Crippen LogP contribution in [0.5, 0.6) is 0 Å². The van der Waals surface area contributed by atoms with E-state index in [1.54, 1.807) is 0 Å². The van der Waals surface area contributed by atoms with E-state index in [-0.39, 0.29) is 23.5 Å². The highest BCUT2D eigenvalue weighted by atomic mass is 31.3. The molecule has 6 unspecified atom stereocenters. The highest BCUT2D eigenvalue weighted by Crippen LogP contribution is 2.61. The number of imidazole rings is 1. The van der Waals surface area contributed by atoms with Crippen LogP contribution in [0.3, 0.4) is 0 Å². The maximum Gasteiger partial charge on any atom is 0.482 e. The minimum Gasteiger partial charge on any atom is -0.389 e. The van der Waals surface area contributed by atoms with Crippen molar-refractivity contribution in [2.24, 2.45) is 0 Å². The minimum atomic E-state index is -5.27. The summed E-state index contributed by atoms with van der Waals surface area (Å²) >= 11 is 0. The monoisotopic (exact) mass is 528 g/mol. The van der Waals surface area contributed by atoms with Crippen LogP contribution in [0, 0.1) is 0 Å². The Hall–Kier alpha value is -1.63. The molecule has 2 aromatic heterocycles. The summed E-state index contributed by atoms with van der Waals surface area (Å²) in [5, 5.41) is 42.1. The van der Waals surface area contributed by atoms with Crippen molar-refractivity contribution in [1.29, 1.82) is 0 Å². The molecule has 2 fully saturated rings. The molecule has 0 saturated carbocycles. The fourth-order valence-corrected chi connectivity index (χ4v) is 5.62. The fourth-order valence-electron chi connectivity index (χ4n) is 3.42. The van der Waals surface area contributed by atoms with Gasteiger partial charge in [0.25, 0.3) is 0 Å². The van der Waals surface area contributed by atoms with Crippen molar-refractivity contribution in [1.82, 2.24) is 24.8 Å². The van der Waals surface area contributed by atoms with Gasteiger partial charge in [0.15, 0.2) is 17.7 Å². The number of aromatic nitrogens is 4. The molecule has 4 rings (SSSR count). The number of rotatable bonds is 8. The first-order chi connectivity index (χ1) is 15.9. The molecule has 0 aliphatic carbocycles. The largest absolute Gasteiger partial charge is 0.482 e. The normalized spacial score (nSPS) is 35.4. The number of phosphoric ester groups is 2. The summed E-state index contributed by atoms with van der Waals surface area (Å²) in [7, 11) is -10.5. The lowest BCUT2D eigenvalue weighted by atomic mass is 10.1. The first-order valence-corrected chi connectivity index (χ1v) is 12.6. The summed E-state index contributed by atoms with van der Waals surface area (Å²) in [5.41, 5.74) is 6.12. The van der Waals surface area contributed by atoms with E-state index in [4.69, 9.17) is 10.5 Å². The molecule has 20 heteroatoms. The zero-order valence-electron chi connectivity index (χ0n) is 17.0. The number of aliphatic hydroxyl groups is 4. The number of hydrogen-bond acceptors (Lipinski definition) is 15. The number of ether oxygens (including phenoxy) is 1. The first kappa shape index (κ1) is 25.5. The van der Waals surface area contributed by atoms with Gasteiger partial charge < -0.3 is 40.7 Å². The van der Waals surface area contributed by atoms with Gasteiger partial charge in [-0.25, -0.2) is 24.1 Å². The number of phosphoric acid groups is 2. The second-order valence-electron chi connectivity index (χ2n) is 7.44. The van der Waals surface area contributed by atoms with E-state index in [0.717, 1.165) is 6.33 Å². The molecule has 0 spiro atoms. The molecule has 2 aliphatic rings. The molecular formula is C14H22N6O12P2. The number of hydrogen-bond donors (Lipinski definition) is 8. The van der Waals surface area contributed by atoms with Crippen LogP contribution in [-0.2, 0) is 27.2 Å². The molecule has 0 amide bonds. The highest BCUT2D eigenvalue weighted by molar-refractivity contribution is 7.61. The van der Waals surface area contributed by atoms with E-state index in [0.29, 0.717) is 0 Å². The minimum absolute atomic E-state index is 0.0699. The predicted octanol–water partition coefficient (Wildman–Crippen LogP) is -3.07. The number of nitrogens with one attached hydrogen (secondary N) is 1. The molecule has 18 nitrogen and oxygen atoms in total. The van der Waals surface area contributed by atoms with E-state index < -0.39 is 65.2 Å². The summed E-state index contributed by atoms with van der Waals surface area (Å²) in [4.78, 5) is 31.3. The molecular weight excluding hydrogens is 506 g/mol. The van der Waals surface area contributed by atoms with E-state index >= 15 is 0 Å². The lowest BCUT2D eigenvalue weighted by Gasteiger charge is -2.22. The van der Waals surface area contributed by atoms with Gasteiger partial charge in [-0.05, 0) is 0 Å². The molecule has 9 N–H and O–H groups in total. The molecule has 0 aromatic carbocycles. The van der Waals surface area contributed by atoms with Crippen LogP contribution >= 0.6 is 15.6 Å². The van der Waals surface area contributed by atoms with Gasteiger partial charge in [0.1, 0.15) is 42.5 Å². The standard InChI is InChI=1S/C14H22N6O12P2/c15-11-7-12(18-3-17-11)20(4-19-7)14-10(24)9(23)6(30-14)2-29-33(25,26)32-34(27,28)31-13-8(22)5(21)1-16-13/h3-6,8-10,13-14,16,21-24H,1-2H2,(H,25,26)(H,27,28)(H2,15,17,18)/t5-,6-,8?,9?,10?,13?,14-/m1/s1. The first-order valence-electron chi connectivity index (χ1n) is 9.62. The van der Waals surface area contributed by atoms with Crippen molar-refractivity contribution < 1.29 is 57.4 Å². The summed E-state index contributed by atoms with van der Waals surface area (Å²) in [6.45, 7) is -1.01. The second-order valence-corrected chi connectivity index (χ2v) is 10.4. The van der Waals surface area contributed by atoms with Crippen molar-refractivity contribution in [3.63, 3.8) is 0 Å². The van der Waals surface area contributed by atoms with E-state index in [1.165, 1.54) is 10.9 Å². The average Bonchev–Trinajstić information content (AvgIpc) is 3.39. The third kappa shape index (κ3) is 5.14. The van der Waals surface area contributed by atoms with E-state index in [9.17, 15) is 39.3 Å². The molecule has 190 valence electrons. The Morgan fingerprint density at radius 2 is 1.85 bits per heavy atom. The number of nitrogens with zero attached hydrogens (tertiary/aromatic N) is 4. The van der Waals surface area contributed by atoms with Gasteiger partial charge >= 0.3 is 15.6 Å². The molecule has 4 heterocycles. The van der Waals surface area contributed by atoms with E-state index in [2.05, 4.69) is 33.6 Å². The summed E-state index contributed by atoms with van der Waals surface area (Å²) in [5.74, 6) is 0.0699. The lowest BCUT2D eigenvalue weighted by Crippen LogP contribution is -2.34. The fraction of sp³-hybridized carbons (Fsp3) is 0.643. The molecule has 0 bridgehead atoms. The Bertz CT molecular complexity index is 1140. The van der Waals surface area contributed by atoms with Crippen molar-refractivity contribution in [2.45, 2.75) is 43.0 Å². The Morgan fingerprint density at radius 3 is 2.53 bits per heavy atom. The number of fused-ring (bicyclic) bond motifs is 1. The van der Waals surface area contributed by atoms with Crippen molar-refractivity contribution in [3.05, 3.63) is 12.7 Å². The molecule has 2 aromatic rings. The van der Waals surface area contributed by atoms with E-state index in [1.807, 2.05) is 0 Å². The maximum atomic E-state index is 12.1. The zero-order valence-corrected chi connectivity index (χ0v) is 18.8. The van der Waals surface area contributed by atoms with Crippen LogP contribution in [-0.4, -0.2) is 99.6 Å². The van der Waals surface area contributed by atoms with Gasteiger partial charge in [-0.15, -0.1) is 0 Å². The van der Waals surface area contributed by atoms with Crippen LogP contribution in [0.2, 0.25) is 0 Å². The van der Waals surface area contributed by atoms with Gasteiger partial charge in [-0.2, -0.15) is 4.31 Å². The molecule has 34 heavy (non-hydrogen) atoms. The van der Waals surface area contributed by atoms with Gasteiger partial charge in [0.05, 0.1) is 19.0 Å². The van der Waals surface area contributed by atoms with Crippen molar-refractivity contribution in [3.8, 4) is 0 Å². The topological polar surface area (TPSA) is 274 Å². The van der Waals surface area contributed by atoms with Gasteiger partial charge in [-0.3, -0.25) is 18.9 Å². The van der Waals surface area contributed by atoms with Crippen molar-refractivity contribution >= 4 is 32.6 Å². The van der Waals surface area contributed by atoms with Gasteiger partial charge in [0, 0.05) is 6.54 Å². The van der Waals surface area contributed by atoms with Crippen LogP contribution in [0.25, 0.3) is 11.2 Å². The van der Waals surface area contributed by atoms with Crippen LogP contribution in [0.15, 0.2) is 12.7 Å².